The lowest BCUT2D eigenvalue weighted by atomic mass is 9.76. The smallest absolute Gasteiger partial charge is 0.399 e. The van der Waals surface area contributed by atoms with E-state index in [0.29, 0.717) is 5.92 Å². The Hall–Kier alpha value is -1.53. The van der Waals surface area contributed by atoms with Gasteiger partial charge in [0, 0.05) is 18.8 Å². The van der Waals surface area contributed by atoms with E-state index in [2.05, 4.69) is 12.2 Å². The summed E-state index contributed by atoms with van der Waals surface area (Å²) in [7, 11) is -0.423. The first-order chi connectivity index (χ1) is 11.6. The van der Waals surface area contributed by atoms with Gasteiger partial charge in [0.2, 0.25) is 0 Å². The number of carbonyl (C=O) groups is 1. The Morgan fingerprint density at radius 3 is 2.44 bits per heavy atom. The second kappa shape index (κ2) is 6.33. The lowest BCUT2D eigenvalue weighted by Crippen LogP contribution is -2.41. The molecule has 2 saturated heterocycles. The van der Waals surface area contributed by atoms with Gasteiger partial charge >= 0.3 is 13.1 Å². The number of anilines is 1. The predicted octanol–water partition coefficient (Wildman–Crippen LogP) is 3.17. The summed E-state index contributed by atoms with van der Waals surface area (Å²) in [6.45, 7) is 14.0. The van der Waals surface area contributed by atoms with Gasteiger partial charge in [-0.25, -0.2) is 4.79 Å². The number of aryl methyl sites for hydroxylation is 1. The molecular weight excluding hydrogens is 315 g/mol. The summed E-state index contributed by atoms with van der Waals surface area (Å²) in [6, 6.07) is 5.87. The molecule has 3 rings (SSSR count). The lowest BCUT2D eigenvalue weighted by molar-refractivity contribution is 0.00578. The number of hydrogen-bond donors (Lipinski definition) is 1. The molecular formula is C19H29BN2O3. The molecule has 2 heterocycles. The zero-order valence-electron chi connectivity index (χ0n) is 16.2. The molecule has 6 heteroatoms. The maximum Gasteiger partial charge on any atom is 0.495 e. The van der Waals surface area contributed by atoms with Gasteiger partial charge in [0.25, 0.3) is 0 Å². The van der Waals surface area contributed by atoms with E-state index >= 15 is 0 Å². The molecule has 1 aromatic rings. The van der Waals surface area contributed by atoms with Crippen molar-refractivity contribution in [2.45, 2.75) is 59.2 Å². The minimum Gasteiger partial charge on any atom is -0.399 e. The molecule has 25 heavy (non-hydrogen) atoms. The van der Waals surface area contributed by atoms with Crippen LogP contribution in [0.1, 0.15) is 46.6 Å². The number of hydrogen-bond acceptors (Lipinski definition) is 3. The Morgan fingerprint density at radius 1 is 1.24 bits per heavy atom. The van der Waals surface area contributed by atoms with Crippen molar-refractivity contribution in [3.63, 3.8) is 0 Å². The SMILES string of the molecule is Cc1ccc(NC(=O)N2CC[C@@H](C)C2)cc1B1OC(C)(C)C(C)(C)O1. The Balaban J connectivity index is 1.76. The molecule has 0 aromatic heterocycles. The quantitative estimate of drug-likeness (QED) is 0.839. The molecule has 0 bridgehead atoms. The van der Waals surface area contributed by atoms with Crippen LogP contribution in [0, 0.1) is 12.8 Å². The maximum absolute atomic E-state index is 12.4. The largest absolute Gasteiger partial charge is 0.495 e. The third-order valence-corrected chi connectivity index (χ3v) is 5.75. The van der Waals surface area contributed by atoms with E-state index in [1.165, 1.54) is 0 Å². The van der Waals surface area contributed by atoms with Crippen molar-refractivity contribution in [1.82, 2.24) is 4.90 Å². The average molecular weight is 344 g/mol. The second-order valence-corrected chi connectivity index (χ2v) is 8.43. The summed E-state index contributed by atoms with van der Waals surface area (Å²) in [5, 5.41) is 3.01. The summed E-state index contributed by atoms with van der Waals surface area (Å²) in [6.07, 6.45) is 1.07. The minimum absolute atomic E-state index is 0.0342. The molecule has 1 N–H and O–H groups in total. The zero-order valence-corrected chi connectivity index (χ0v) is 16.2. The average Bonchev–Trinajstić information content (AvgIpc) is 3.02. The predicted molar refractivity (Wildman–Crippen MR) is 101 cm³/mol. The first-order valence-electron chi connectivity index (χ1n) is 9.11. The molecule has 2 aliphatic rings. The molecule has 0 unspecified atom stereocenters. The van der Waals surface area contributed by atoms with Crippen molar-refractivity contribution in [2.24, 2.45) is 5.92 Å². The molecule has 0 spiro atoms. The normalized spacial score (nSPS) is 24.6. The molecule has 136 valence electrons. The van der Waals surface area contributed by atoms with E-state index in [0.717, 1.165) is 36.2 Å². The van der Waals surface area contributed by atoms with Crippen LogP contribution in [-0.2, 0) is 9.31 Å². The van der Waals surface area contributed by atoms with E-state index in [-0.39, 0.29) is 17.2 Å². The van der Waals surface area contributed by atoms with Crippen LogP contribution >= 0.6 is 0 Å². The van der Waals surface area contributed by atoms with Crippen LogP contribution in [0.4, 0.5) is 10.5 Å². The van der Waals surface area contributed by atoms with E-state index in [1.807, 2.05) is 57.7 Å². The fourth-order valence-corrected chi connectivity index (χ4v) is 3.26. The van der Waals surface area contributed by atoms with Gasteiger partial charge in [-0.2, -0.15) is 0 Å². The zero-order chi connectivity index (χ0) is 18.4. The highest BCUT2D eigenvalue weighted by Crippen LogP contribution is 2.36. The van der Waals surface area contributed by atoms with Gasteiger partial charge in [-0.15, -0.1) is 0 Å². The first kappa shape index (κ1) is 18.3. The standard InChI is InChI=1S/C19H29BN2O3/c1-13-9-10-22(12-13)17(23)21-15-8-7-14(2)16(11-15)20-24-18(3,4)19(5,6)25-20/h7-8,11,13H,9-10,12H2,1-6H3,(H,21,23)/t13-/m1/s1. The number of carbonyl (C=O) groups excluding carboxylic acids is 1. The highest BCUT2D eigenvalue weighted by molar-refractivity contribution is 6.62. The summed E-state index contributed by atoms with van der Waals surface area (Å²) in [4.78, 5) is 14.3. The number of urea groups is 1. The Labute approximate surface area is 151 Å². The molecule has 1 aromatic carbocycles. The highest BCUT2D eigenvalue weighted by Gasteiger charge is 2.52. The van der Waals surface area contributed by atoms with Crippen molar-refractivity contribution in [3.05, 3.63) is 23.8 Å². The highest BCUT2D eigenvalue weighted by atomic mass is 16.7. The molecule has 2 aliphatic heterocycles. The maximum atomic E-state index is 12.4. The number of nitrogens with zero attached hydrogens (tertiary/aromatic N) is 1. The number of likely N-dealkylation sites (tertiary alicyclic amines) is 1. The summed E-state index contributed by atoms with van der Waals surface area (Å²) in [5.74, 6) is 0.573. The molecule has 1 atom stereocenters. The third kappa shape index (κ3) is 3.56. The van der Waals surface area contributed by atoms with E-state index in [4.69, 9.17) is 9.31 Å². The molecule has 5 nitrogen and oxygen atoms in total. The fourth-order valence-electron chi connectivity index (χ4n) is 3.26. The van der Waals surface area contributed by atoms with Crippen molar-refractivity contribution >= 4 is 24.3 Å². The van der Waals surface area contributed by atoms with Crippen LogP contribution in [0.5, 0.6) is 0 Å². The molecule has 2 amide bonds. The van der Waals surface area contributed by atoms with E-state index in [9.17, 15) is 4.79 Å². The van der Waals surface area contributed by atoms with Crippen LogP contribution in [0.2, 0.25) is 0 Å². The van der Waals surface area contributed by atoms with Gasteiger partial charge in [-0.1, -0.05) is 18.6 Å². The van der Waals surface area contributed by atoms with Crippen molar-refractivity contribution in [2.75, 3.05) is 18.4 Å². The van der Waals surface area contributed by atoms with Gasteiger partial charge in [0.1, 0.15) is 0 Å². The number of amides is 2. The number of rotatable bonds is 2. The third-order valence-electron chi connectivity index (χ3n) is 5.75. The minimum atomic E-state index is -0.423. The van der Waals surface area contributed by atoms with Crippen molar-refractivity contribution in [3.8, 4) is 0 Å². The Kier molecular flexibility index (Phi) is 4.62. The Bertz CT molecular complexity index is 659. The fraction of sp³-hybridized carbons (Fsp3) is 0.632. The molecule has 0 saturated carbocycles. The summed E-state index contributed by atoms with van der Waals surface area (Å²) < 4.78 is 12.3. The van der Waals surface area contributed by atoms with Gasteiger partial charge < -0.3 is 19.5 Å². The second-order valence-electron chi connectivity index (χ2n) is 8.43. The van der Waals surface area contributed by atoms with Crippen LogP contribution in [-0.4, -0.2) is 42.3 Å². The summed E-state index contributed by atoms with van der Waals surface area (Å²) >= 11 is 0. The number of nitrogens with one attached hydrogen (secondary N) is 1. The lowest BCUT2D eigenvalue weighted by Gasteiger charge is -2.32. The van der Waals surface area contributed by atoms with Crippen LogP contribution in [0.15, 0.2) is 18.2 Å². The van der Waals surface area contributed by atoms with Crippen LogP contribution in [0.25, 0.3) is 0 Å². The van der Waals surface area contributed by atoms with Gasteiger partial charge in [0.05, 0.1) is 11.2 Å². The monoisotopic (exact) mass is 344 g/mol. The van der Waals surface area contributed by atoms with Crippen molar-refractivity contribution < 1.29 is 14.1 Å². The van der Waals surface area contributed by atoms with E-state index in [1.54, 1.807) is 0 Å². The van der Waals surface area contributed by atoms with Crippen molar-refractivity contribution in [1.29, 1.82) is 0 Å². The molecule has 0 radical (unpaired) electrons. The van der Waals surface area contributed by atoms with Gasteiger partial charge in [0.15, 0.2) is 0 Å². The summed E-state index contributed by atoms with van der Waals surface area (Å²) in [5.41, 5.74) is 2.07. The van der Waals surface area contributed by atoms with E-state index < -0.39 is 7.12 Å². The van der Waals surface area contributed by atoms with Crippen LogP contribution < -0.4 is 10.8 Å². The van der Waals surface area contributed by atoms with Crippen LogP contribution in [0.3, 0.4) is 0 Å². The first-order valence-corrected chi connectivity index (χ1v) is 9.11. The Morgan fingerprint density at radius 2 is 1.88 bits per heavy atom. The number of benzene rings is 1. The molecule has 2 fully saturated rings. The molecule has 0 aliphatic carbocycles. The topological polar surface area (TPSA) is 50.8 Å². The van der Waals surface area contributed by atoms with Gasteiger partial charge in [-0.05, 0) is 64.6 Å². The van der Waals surface area contributed by atoms with Gasteiger partial charge in [-0.3, -0.25) is 0 Å².